The number of ether oxygens (including phenoxy) is 3. The fourth-order valence-electron chi connectivity index (χ4n) is 3.02. The molecule has 144 valence electrons. The zero-order valence-corrected chi connectivity index (χ0v) is 15.3. The van der Waals surface area contributed by atoms with E-state index >= 15 is 0 Å². The quantitative estimate of drug-likeness (QED) is 0.455. The Hall–Kier alpha value is -3.39. The maximum atomic E-state index is 10.8. The molecule has 8 nitrogen and oxygen atoms in total. The van der Waals surface area contributed by atoms with Gasteiger partial charge in [0.15, 0.2) is 5.60 Å². The molecule has 2 heterocycles. The molecule has 1 aliphatic rings. The van der Waals surface area contributed by atoms with Crippen LogP contribution in [0.25, 0.3) is 0 Å². The zero-order chi connectivity index (χ0) is 19.6. The lowest BCUT2D eigenvalue weighted by molar-refractivity contribution is -0.389. The van der Waals surface area contributed by atoms with Crippen molar-refractivity contribution in [1.29, 1.82) is 0 Å². The van der Waals surface area contributed by atoms with Crippen LogP contribution in [0.5, 0.6) is 17.5 Å². The van der Waals surface area contributed by atoms with E-state index in [9.17, 15) is 10.1 Å². The average Bonchev–Trinajstić information content (AvgIpc) is 3.19. The van der Waals surface area contributed by atoms with Crippen molar-refractivity contribution in [3.63, 3.8) is 0 Å². The molecule has 1 atom stereocenters. The van der Waals surface area contributed by atoms with Crippen LogP contribution in [0.1, 0.15) is 12.5 Å². The Balaban J connectivity index is 1.28. The summed E-state index contributed by atoms with van der Waals surface area (Å²) in [5.74, 6) is 1.33. The lowest BCUT2D eigenvalue weighted by atomic mass is 10.1. The third-order valence-corrected chi connectivity index (χ3v) is 4.34. The maximum Gasteiger partial charge on any atom is 0.415 e. The van der Waals surface area contributed by atoms with Gasteiger partial charge in [0, 0.05) is 4.98 Å². The monoisotopic (exact) mass is 381 g/mol. The molecular weight excluding hydrogens is 362 g/mol. The Kier molecular flexibility index (Phi) is 4.70. The Morgan fingerprint density at radius 1 is 1.18 bits per heavy atom. The molecule has 0 bridgehead atoms. The number of imidazole rings is 1. The van der Waals surface area contributed by atoms with Gasteiger partial charge < -0.3 is 24.3 Å². The van der Waals surface area contributed by atoms with Crippen LogP contribution >= 0.6 is 0 Å². The number of aromatic nitrogens is 2. The van der Waals surface area contributed by atoms with Gasteiger partial charge in [-0.2, -0.15) is 0 Å². The molecule has 4 rings (SSSR count). The standard InChI is InChI=1S/C20H19N3O5/c1-20(13-22-11-18(23(24)25)21-19(22)28-20)14-26-12-15-7-9-17(10-8-15)27-16-5-3-2-4-6-16/h2-11H,12-14H2,1H3. The highest BCUT2D eigenvalue weighted by molar-refractivity contribution is 5.32. The van der Waals surface area contributed by atoms with E-state index in [4.69, 9.17) is 14.2 Å². The summed E-state index contributed by atoms with van der Waals surface area (Å²) in [6, 6.07) is 17.5. The minimum absolute atomic E-state index is 0.212. The molecule has 0 radical (unpaired) electrons. The molecule has 3 aromatic rings. The summed E-state index contributed by atoms with van der Waals surface area (Å²) in [6.07, 6.45) is 1.38. The average molecular weight is 381 g/mol. The zero-order valence-electron chi connectivity index (χ0n) is 15.3. The number of nitro groups is 1. The molecule has 1 aromatic heterocycles. The first-order chi connectivity index (χ1) is 13.5. The highest BCUT2D eigenvalue weighted by Gasteiger charge is 2.40. The lowest BCUT2D eigenvalue weighted by Crippen LogP contribution is -2.36. The van der Waals surface area contributed by atoms with Crippen LogP contribution in [0, 0.1) is 10.1 Å². The van der Waals surface area contributed by atoms with Crippen LogP contribution in [0.4, 0.5) is 5.82 Å². The molecular formula is C20H19N3O5. The summed E-state index contributed by atoms with van der Waals surface area (Å²) in [5.41, 5.74) is 0.406. The van der Waals surface area contributed by atoms with Gasteiger partial charge in [-0.25, -0.2) is 0 Å². The first-order valence-electron chi connectivity index (χ1n) is 8.81. The van der Waals surface area contributed by atoms with E-state index in [-0.39, 0.29) is 11.8 Å². The number of fused-ring (bicyclic) bond motifs is 1. The van der Waals surface area contributed by atoms with Gasteiger partial charge in [-0.1, -0.05) is 30.3 Å². The van der Waals surface area contributed by atoms with Crippen LogP contribution in [0.3, 0.4) is 0 Å². The van der Waals surface area contributed by atoms with Gasteiger partial charge >= 0.3 is 11.8 Å². The predicted molar refractivity (Wildman–Crippen MR) is 101 cm³/mol. The Morgan fingerprint density at radius 3 is 2.57 bits per heavy atom. The van der Waals surface area contributed by atoms with Crippen molar-refractivity contribution in [2.24, 2.45) is 0 Å². The second-order valence-electron chi connectivity index (χ2n) is 6.87. The van der Waals surface area contributed by atoms with Crippen molar-refractivity contribution in [1.82, 2.24) is 9.55 Å². The number of nitrogens with zero attached hydrogens (tertiary/aromatic N) is 3. The summed E-state index contributed by atoms with van der Waals surface area (Å²) >= 11 is 0. The molecule has 0 aliphatic carbocycles. The van der Waals surface area contributed by atoms with Crippen LogP contribution < -0.4 is 9.47 Å². The molecule has 0 N–H and O–H groups in total. The molecule has 0 saturated heterocycles. The normalized spacial score (nSPS) is 17.8. The highest BCUT2D eigenvalue weighted by atomic mass is 16.6. The fourth-order valence-corrected chi connectivity index (χ4v) is 3.02. The number of hydrogen-bond acceptors (Lipinski definition) is 6. The van der Waals surface area contributed by atoms with Crippen LogP contribution in [-0.2, 0) is 17.9 Å². The molecule has 0 saturated carbocycles. The molecule has 1 unspecified atom stereocenters. The smallest absolute Gasteiger partial charge is 0.415 e. The van der Waals surface area contributed by atoms with Gasteiger partial charge in [0.05, 0.1) is 19.8 Å². The summed E-state index contributed by atoms with van der Waals surface area (Å²) in [4.78, 5) is 14.1. The molecule has 8 heteroatoms. The summed E-state index contributed by atoms with van der Waals surface area (Å²) in [5, 5.41) is 10.8. The molecule has 28 heavy (non-hydrogen) atoms. The maximum absolute atomic E-state index is 10.8. The molecule has 0 fully saturated rings. The number of rotatable bonds is 7. The topological polar surface area (TPSA) is 88.7 Å². The lowest BCUT2D eigenvalue weighted by Gasteiger charge is -2.21. The molecule has 0 amide bonds. The first kappa shape index (κ1) is 18.0. The van der Waals surface area contributed by atoms with E-state index < -0.39 is 10.5 Å². The van der Waals surface area contributed by atoms with E-state index in [1.54, 1.807) is 4.57 Å². The first-order valence-corrected chi connectivity index (χ1v) is 8.81. The molecule has 0 spiro atoms. The Morgan fingerprint density at radius 2 is 1.89 bits per heavy atom. The van der Waals surface area contributed by atoms with Gasteiger partial charge in [0.1, 0.15) is 17.7 Å². The van der Waals surface area contributed by atoms with Gasteiger partial charge in [0.25, 0.3) is 0 Å². The second kappa shape index (κ2) is 7.32. The Labute approximate surface area is 161 Å². The van der Waals surface area contributed by atoms with Crippen LogP contribution in [0.15, 0.2) is 60.8 Å². The van der Waals surface area contributed by atoms with Gasteiger partial charge in [-0.15, -0.1) is 0 Å². The summed E-state index contributed by atoms with van der Waals surface area (Å²) in [7, 11) is 0. The van der Waals surface area contributed by atoms with Gasteiger partial charge in [-0.3, -0.25) is 4.57 Å². The van der Waals surface area contributed by atoms with Crippen molar-refractivity contribution < 1.29 is 19.1 Å². The number of hydrogen-bond donors (Lipinski definition) is 0. The van der Waals surface area contributed by atoms with Crippen LogP contribution in [0.2, 0.25) is 0 Å². The second-order valence-corrected chi connectivity index (χ2v) is 6.87. The third kappa shape index (κ3) is 3.96. The van der Waals surface area contributed by atoms with E-state index in [1.165, 1.54) is 6.20 Å². The van der Waals surface area contributed by atoms with E-state index in [0.717, 1.165) is 17.1 Å². The fraction of sp³-hybridized carbons (Fsp3) is 0.250. The third-order valence-electron chi connectivity index (χ3n) is 4.34. The molecule has 2 aromatic carbocycles. The highest BCUT2D eigenvalue weighted by Crippen LogP contribution is 2.31. The van der Waals surface area contributed by atoms with Gasteiger partial charge in [0.2, 0.25) is 0 Å². The van der Waals surface area contributed by atoms with Gasteiger partial charge in [-0.05, 0) is 41.7 Å². The van der Waals surface area contributed by atoms with Crippen molar-refractivity contribution in [3.8, 4) is 17.5 Å². The van der Waals surface area contributed by atoms with Crippen LogP contribution in [-0.4, -0.2) is 26.7 Å². The van der Waals surface area contributed by atoms with E-state index in [2.05, 4.69) is 4.98 Å². The van der Waals surface area contributed by atoms with Crippen molar-refractivity contribution in [2.75, 3.05) is 6.61 Å². The number of para-hydroxylation sites is 1. The minimum Gasteiger partial charge on any atom is -0.457 e. The summed E-state index contributed by atoms with van der Waals surface area (Å²) < 4.78 is 19.0. The SMILES string of the molecule is CC1(COCc2ccc(Oc3ccccc3)cc2)Cn2cc([N+](=O)[O-])nc2O1. The van der Waals surface area contributed by atoms with E-state index in [0.29, 0.717) is 19.8 Å². The van der Waals surface area contributed by atoms with E-state index in [1.807, 2.05) is 61.5 Å². The number of benzene rings is 2. The summed E-state index contributed by atoms with van der Waals surface area (Å²) in [6.45, 7) is 3.11. The van der Waals surface area contributed by atoms with Crippen molar-refractivity contribution in [3.05, 3.63) is 76.5 Å². The Bertz CT molecular complexity index is 946. The van der Waals surface area contributed by atoms with Crippen molar-refractivity contribution in [2.45, 2.75) is 25.7 Å². The molecule has 1 aliphatic heterocycles. The minimum atomic E-state index is -0.603. The van der Waals surface area contributed by atoms with Crippen molar-refractivity contribution >= 4 is 5.82 Å². The predicted octanol–water partition coefficient (Wildman–Crippen LogP) is 3.95. The largest absolute Gasteiger partial charge is 0.457 e.